The highest BCUT2D eigenvalue weighted by atomic mass is 19.4. The van der Waals surface area contributed by atoms with Gasteiger partial charge in [0.2, 0.25) is 0 Å². The first-order valence-electron chi connectivity index (χ1n) is 11.4. The van der Waals surface area contributed by atoms with Gasteiger partial charge in [0.15, 0.2) is 0 Å². The standard InChI is InChI=1S/C26H29F3N6O3/c1-16-4-5-17(11-24(16)35(31)15-22(30)18-10-20(38-3)14-32-13-18)25(36)34-19-6-7-23(33-8-9-37-2)21(12-19)26(27,28)29/h4-7,10-15,33H,8-9,30-31H2,1-3H3,(H,34,36)/b22-15-. The first kappa shape index (κ1) is 28.3. The number of rotatable bonds is 10. The number of nitrogens with zero attached hydrogens (tertiary/aromatic N) is 2. The number of hydrazine groups is 1. The summed E-state index contributed by atoms with van der Waals surface area (Å²) in [6, 6.07) is 9.96. The fourth-order valence-corrected chi connectivity index (χ4v) is 3.51. The molecule has 0 saturated heterocycles. The fraction of sp³-hybridized carbons (Fsp3) is 0.231. The molecule has 3 aromatic rings. The number of aromatic nitrogens is 1. The van der Waals surface area contributed by atoms with Crippen molar-refractivity contribution in [3.8, 4) is 5.75 Å². The number of carbonyl (C=O) groups is 1. The molecule has 9 nitrogen and oxygen atoms in total. The van der Waals surface area contributed by atoms with Gasteiger partial charge in [-0.05, 0) is 48.9 Å². The molecule has 202 valence electrons. The number of aryl methyl sites for hydroxylation is 1. The van der Waals surface area contributed by atoms with E-state index in [1.807, 2.05) is 0 Å². The third-order valence-corrected chi connectivity index (χ3v) is 5.51. The molecule has 6 N–H and O–H groups in total. The summed E-state index contributed by atoms with van der Waals surface area (Å²) in [5, 5.41) is 6.46. The van der Waals surface area contributed by atoms with Crippen LogP contribution in [0, 0.1) is 6.92 Å². The lowest BCUT2D eigenvalue weighted by atomic mass is 10.1. The van der Waals surface area contributed by atoms with Crippen LogP contribution in [0.25, 0.3) is 5.70 Å². The van der Waals surface area contributed by atoms with Gasteiger partial charge in [0.1, 0.15) is 5.75 Å². The van der Waals surface area contributed by atoms with E-state index in [-0.39, 0.29) is 30.1 Å². The van der Waals surface area contributed by atoms with Gasteiger partial charge < -0.3 is 25.8 Å². The summed E-state index contributed by atoms with van der Waals surface area (Å²) < 4.78 is 50.9. The van der Waals surface area contributed by atoms with Crippen molar-refractivity contribution >= 4 is 28.7 Å². The molecule has 0 aliphatic heterocycles. The quantitative estimate of drug-likeness (QED) is 0.173. The monoisotopic (exact) mass is 530 g/mol. The number of ether oxygens (including phenoxy) is 2. The van der Waals surface area contributed by atoms with Crippen LogP contribution in [0.2, 0.25) is 0 Å². The van der Waals surface area contributed by atoms with E-state index in [1.54, 1.807) is 31.3 Å². The van der Waals surface area contributed by atoms with Crippen LogP contribution in [-0.2, 0) is 10.9 Å². The van der Waals surface area contributed by atoms with E-state index in [1.165, 1.54) is 49.8 Å². The molecule has 3 rings (SSSR count). The zero-order chi connectivity index (χ0) is 27.9. The molecule has 0 saturated carbocycles. The van der Waals surface area contributed by atoms with Crippen LogP contribution in [0.1, 0.15) is 27.0 Å². The van der Waals surface area contributed by atoms with E-state index < -0.39 is 17.6 Å². The molecule has 0 aliphatic carbocycles. The summed E-state index contributed by atoms with van der Waals surface area (Å²) in [7, 11) is 2.96. The average molecular weight is 531 g/mol. The lowest BCUT2D eigenvalue weighted by Crippen LogP contribution is -2.27. The van der Waals surface area contributed by atoms with E-state index in [9.17, 15) is 18.0 Å². The van der Waals surface area contributed by atoms with Crippen LogP contribution >= 0.6 is 0 Å². The Kier molecular flexibility index (Phi) is 9.16. The smallest absolute Gasteiger partial charge is 0.418 e. The van der Waals surface area contributed by atoms with Gasteiger partial charge in [-0.2, -0.15) is 13.2 Å². The molecule has 1 aromatic heterocycles. The predicted octanol–water partition coefficient (Wildman–Crippen LogP) is 4.37. The van der Waals surface area contributed by atoms with Crippen molar-refractivity contribution < 1.29 is 27.4 Å². The summed E-state index contributed by atoms with van der Waals surface area (Å²) in [6.45, 7) is 2.22. The van der Waals surface area contributed by atoms with Crippen molar-refractivity contribution in [2.45, 2.75) is 13.1 Å². The maximum atomic E-state index is 13.6. The number of nitrogens with one attached hydrogen (secondary N) is 2. The number of alkyl halides is 3. The zero-order valence-corrected chi connectivity index (χ0v) is 21.1. The maximum Gasteiger partial charge on any atom is 0.418 e. The number of anilines is 3. The van der Waals surface area contributed by atoms with Crippen molar-refractivity contribution in [2.75, 3.05) is 43.0 Å². The van der Waals surface area contributed by atoms with Gasteiger partial charge in [-0.15, -0.1) is 0 Å². The summed E-state index contributed by atoms with van der Waals surface area (Å²) in [4.78, 5) is 17.0. The van der Waals surface area contributed by atoms with Gasteiger partial charge in [0, 0.05) is 48.6 Å². The minimum absolute atomic E-state index is 0.0130. The lowest BCUT2D eigenvalue weighted by molar-refractivity contribution is -0.136. The summed E-state index contributed by atoms with van der Waals surface area (Å²) in [5.41, 5.74) is 7.40. The molecule has 1 heterocycles. The molecule has 0 fully saturated rings. The Morgan fingerprint density at radius 3 is 2.55 bits per heavy atom. The van der Waals surface area contributed by atoms with Crippen molar-refractivity contribution in [1.29, 1.82) is 0 Å². The van der Waals surface area contributed by atoms with Crippen LogP contribution in [0.5, 0.6) is 5.75 Å². The molecule has 0 unspecified atom stereocenters. The Hall–Kier alpha value is -4.29. The molecule has 0 radical (unpaired) electrons. The Labute approximate surface area is 218 Å². The minimum atomic E-state index is -4.63. The number of hydrogen-bond donors (Lipinski definition) is 4. The Morgan fingerprint density at radius 1 is 1.11 bits per heavy atom. The zero-order valence-electron chi connectivity index (χ0n) is 21.1. The number of amides is 1. The van der Waals surface area contributed by atoms with E-state index >= 15 is 0 Å². The van der Waals surface area contributed by atoms with Crippen LogP contribution in [0.4, 0.5) is 30.2 Å². The van der Waals surface area contributed by atoms with Crippen molar-refractivity contribution in [3.63, 3.8) is 0 Å². The largest absolute Gasteiger partial charge is 0.495 e. The number of carbonyl (C=O) groups excluding carboxylic acids is 1. The molecule has 12 heteroatoms. The number of hydrogen-bond acceptors (Lipinski definition) is 8. The molecule has 2 aromatic carbocycles. The first-order chi connectivity index (χ1) is 18.0. The minimum Gasteiger partial charge on any atom is -0.495 e. The van der Waals surface area contributed by atoms with Crippen molar-refractivity contribution in [1.82, 2.24) is 4.98 Å². The number of nitrogens with two attached hydrogens (primary N) is 2. The highest BCUT2D eigenvalue weighted by Crippen LogP contribution is 2.36. The molecule has 38 heavy (non-hydrogen) atoms. The molecule has 0 spiro atoms. The van der Waals surface area contributed by atoms with E-state index in [4.69, 9.17) is 21.1 Å². The molecule has 0 bridgehead atoms. The molecule has 1 amide bonds. The number of halogens is 3. The average Bonchev–Trinajstić information content (AvgIpc) is 2.89. The third-order valence-electron chi connectivity index (χ3n) is 5.51. The predicted molar refractivity (Wildman–Crippen MR) is 141 cm³/mol. The number of pyridine rings is 1. The SMILES string of the molecule is COCCNc1ccc(NC(=O)c2ccc(C)c(N(N)/C=C(\N)c3cncc(OC)c3)c2)cc1C(F)(F)F. The topological polar surface area (TPSA) is 128 Å². The van der Waals surface area contributed by atoms with Crippen LogP contribution in [0.15, 0.2) is 61.1 Å². The second-order valence-corrected chi connectivity index (χ2v) is 8.24. The normalized spacial score (nSPS) is 11.7. The van der Waals surface area contributed by atoms with Crippen LogP contribution < -0.4 is 32.0 Å². The summed E-state index contributed by atoms with van der Waals surface area (Å²) in [6.07, 6.45) is -0.0813. The summed E-state index contributed by atoms with van der Waals surface area (Å²) in [5.74, 6) is 6.12. The summed E-state index contributed by atoms with van der Waals surface area (Å²) >= 11 is 0. The molecule has 0 atom stereocenters. The Morgan fingerprint density at radius 2 is 1.87 bits per heavy atom. The van der Waals surface area contributed by atoms with Gasteiger partial charge >= 0.3 is 6.18 Å². The van der Waals surface area contributed by atoms with E-state index in [2.05, 4.69) is 15.6 Å². The third kappa shape index (κ3) is 7.14. The number of methoxy groups -OCH3 is 2. The second kappa shape index (κ2) is 12.3. The molecular formula is C26H29F3N6O3. The maximum absolute atomic E-state index is 13.6. The lowest BCUT2D eigenvalue weighted by Gasteiger charge is -2.19. The van der Waals surface area contributed by atoms with Crippen molar-refractivity contribution in [3.05, 3.63) is 83.3 Å². The Balaban J connectivity index is 1.82. The van der Waals surface area contributed by atoms with Crippen LogP contribution in [-0.4, -0.2) is 38.3 Å². The van der Waals surface area contributed by atoms with Crippen molar-refractivity contribution in [2.24, 2.45) is 11.6 Å². The fourth-order valence-electron chi connectivity index (χ4n) is 3.51. The van der Waals surface area contributed by atoms with Gasteiger partial charge in [0.05, 0.1) is 36.9 Å². The van der Waals surface area contributed by atoms with Crippen LogP contribution in [0.3, 0.4) is 0 Å². The van der Waals surface area contributed by atoms with E-state index in [0.29, 0.717) is 22.7 Å². The second-order valence-electron chi connectivity index (χ2n) is 8.24. The van der Waals surface area contributed by atoms with Gasteiger partial charge in [-0.25, -0.2) is 5.84 Å². The Bertz CT molecular complexity index is 1310. The highest BCUT2D eigenvalue weighted by Gasteiger charge is 2.34. The van der Waals surface area contributed by atoms with E-state index in [0.717, 1.165) is 11.6 Å². The highest BCUT2D eigenvalue weighted by molar-refractivity contribution is 6.05. The van der Waals surface area contributed by atoms with Gasteiger partial charge in [0.25, 0.3) is 5.91 Å². The molecule has 0 aliphatic rings. The number of benzene rings is 2. The van der Waals surface area contributed by atoms with Gasteiger partial charge in [-0.1, -0.05) is 6.07 Å². The molecular weight excluding hydrogens is 501 g/mol. The first-order valence-corrected chi connectivity index (χ1v) is 11.4. The van der Waals surface area contributed by atoms with Gasteiger partial charge in [-0.3, -0.25) is 14.8 Å².